The van der Waals surface area contributed by atoms with Crippen molar-refractivity contribution in [1.82, 2.24) is 10.2 Å². The maximum Gasteiger partial charge on any atom is 0.261 e. The number of carbonyl (C=O) groups is 2. The van der Waals surface area contributed by atoms with Crippen LogP contribution >= 0.6 is 15.9 Å². The number of rotatable bonds is 10. The second-order valence-corrected chi connectivity index (χ2v) is 9.53. The van der Waals surface area contributed by atoms with E-state index in [9.17, 15) is 9.59 Å². The van der Waals surface area contributed by atoms with Crippen molar-refractivity contribution in [3.8, 4) is 5.75 Å². The van der Waals surface area contributed by atoms with Gasteiger partial charge in [0.1, 0.15) is 11.8 Å². The first-order valence-corrected chi connectivity index (χ1v) is 12.2. The highest BCUT2D eigenvalue weighted by atomic mass is 79.9. The van der Waals surface area contributed by atoms with E-state index in [1.807, 2.05) is 87.5 Å². The van der Waals surface area contributed by atoms with E-state index in [4.69, 9.17) is 4.74 Å². The topological polar surface area (TPSA) is 58.6 Å². The molecule has 3 rings (SSSR count). The zero-order chi connectivity index (χ0) is 24.5. The Morgan fingerprint density at radius 2 is 1.56 bits per heavy atom. The van der Waals surface area contributed by atoms with Gasteiger partial charge in [-0.15, -0.1) is 0 Å². The molecule has 34 heavy (non-hydrogen) atoms. The molecule has 3 aromatic carbocycles. The lowest BCUT2D eigenvalue weighted by molar-refractivity contribution is -0.143. The van der Waals surface area contributed by atoms with E-state index in [-0.39, 0.29) is 24.5 Å². The van der Waals surface area contributed by atoms with Crippen LogP contribution < -0.4 is 10.1 Å². The molecule has 1 atom stereocenters. The molecule has 0 saturated heterocycles. The zero-order valence-electron chi connectivity index (χ0n) is 19.8. The average Bonchev–Trinajstić information content (AvgIpc) is 2.82. The quantitative estimate of drug-likeness (QED) is 0.393. The van der Waals surface area contributed by atoms with E-state index in [1.54, 1.807) is 17.0 Å². The second kappa shape index (κ2) is 12.4. The number of hydrogen-bond acceptors (Lipinski definition) is 3. The smallest absolute Gasteiger partial charge is 0.261 e. The lowest BCUT2D eigenvalue weighted by atomic mass is 10.0. The molecule has 0 heterocycles. The van der Waals surface area contributed by atoms with Crippen LogP contribution in [0.1, 0.15) is 30.5 Å². The Bertz CT molecular complexity index is 1070. The van der Waals surface area contributed by atoms with Gasteiger partial charge in [0.25, 0.3) is 5.91 Å². The van der Waals surface area contributed by atoms with Crippen molar-refractivity contribution in [2.75, 3.05) is 6.61 Å². The van der Waals surface area contributed by atoms with Crippen LogP contribution in [0.4, 0.5) is 0 Å². The normalized spacial score (nSPS) is 11.7. The fourth-order valence-electron chi connectivity index (χ4n) is 3.58. The number of ether oxygens (including phenoxy) is 1. The van der Waals surface area contributed by atoms with E-state index < -0.39 is 6.04 Å². The Labute approximate surface area is 210 Å². The molecule has 2 amide bonds. The molecular formula is C28H31BrN2O3. The zero-order valence-corrected chi connectivity index (χ0v) is 21.4. The number of hydrogen-bond donors (Lipinski definition) is 1. The van der Waals surface area contributed by atoms with Gasteiger partial charge >= 0.3 is 0 Å². The molecule has 0 saturated carbocycles. The molecule has 178 valence electrons. The van der Waals surface area contributed by atoms with Crippen molar-refractivity contribution in [2.45, 2.75) is 45.8 Å². The summed E-state index contributed by atoms with van der Waals surface area (Å²) >= 11 is 3.40. The van der Waals surface area contributed by atoms with Gasteiger partial charge < -0.3 is 15.0 Å². The fourth-order valence-corrected chi connectivity index (χ4v) is 3.85. The van der Waals surface area contributed by atoms with Crippen LogP contribution in [0.2, 0.25) is 0 Å². The van der Waals surface area contributed by atoms with Gasteiger partial charge in [0, 0.05) is 23.5 Å². The second-order valence-electron chi connectivity index (χ2n) is 8.62. The lowest BCUT2D eigenvalue weighted by Crippen LogP contribution is -2.52. The van der Waals surface area contributed by atoms with Gasteiger partial charge in [0.15, 0.2) is 6.61 Å². The van der Waals surface area contributed by atoms with Crippen molar-refractivity contribution in [1.29, 1.82) is 0 Å². The number of amides is 2. The highest BCUT2D eigenvalue weighted by Crippen LogP contribution is 2.18. The summed E-state index contributed by atoms with van der Waals surface area (Å²) in [6, 6.07) is 24.4. The van der Waals surface area contributed by atoms with Gasteiger partial charge in [0.2, 0.25) is 5.91 Å². The summed E-state index contributed by atoms with van der Waals surface area (Å²) in [5.41, 5.74) is 3.08. The van der Waals surface area contributed by atoms with Crippen molar-refractivity contribution in [3.05, 3.63) is 100 Å². The number of carbonyl (C=O) groups excluding carboxylic acids is 2. The van der Waals surface area contributed by atoms with Gasteiger partial charge in [-0.25, -0.2) is 0 Å². The molecule has 0 aliphatic heterocycles. The third-order valence-corrected chi connectivity index (χ3v) is 5.88. The maximum atomic E-state index is 13.5. The first kappa shape index (κ1) is 25.5. The molecule has 3 aromatic rings. The van der Waals surface area contributed by atoms with E-state index in [1.165, 1.54) is 0 Å². The summed E-state index contributed by atoms with van der Waals surface area (Å²) in [5.74, 6) is 0.171. The van der Waals surface area contributed by atoms with Crippen LogP contribution in [0, 0.1) is 6.92 Å². The largest absolute Gasteiger partial charge is 0.484 e. The van der Waals surface area contributed by atoms with E-state index >= 15 is 0 Å². The average molecular weight is 523 g/mol. The van der Waals surface area contributed by atoms with Gasteiger partial charge in [-0.05, 0) is 56.2 Å². The minimum Gasteiger partial charge on any atom is -0.484 e. The predicted octanol–water partition coefficient (Wildman–Crippen LogP) is 5.30. The van der Waals surface area contributed by atoms with Gasteiger partial charge in [-0.2, -0.15) is 0 Å². The Morgan fingerprint density at radius 1 is 0.912 bits per heavy atom. The van der Waals surface area contributed by atoms with Crippen LogP contribution in [-0.2, 0) is 22.6 Å². The predicted molar refractivity (Wildman–Crippen MR) is 139 cm³/mol. The van der Waals surface area contributed by atoms with Crippen molar-refractivity contribution in [3.63, 3.8) is 0 Å². The molecular weight excluding hydrogens is 492 g/mol. The van der Waals surface area contributed by atoms with Crippen LogP contribution in [0.3, 0.4) is 0 Å². The molecule has 0 aromatic heterocycles. The summed E-state index contributed by atoms with van der Waals surface area (Å²) in [5, 5.41) is 2.99. The highest BCUT2D eigenvalue weighted by Gasteiger charge is 2.31. The molecule has 0 radical (unpaired) electrons. The first-order chi connectivity index (χ1) is 16.3. The Balaban J connectivity index is 1.89. The number of nitrogens with zero attached hydrogens (tertiary/aromatic N) is 1. The molecule has 0 fully saturated rings. The van der Waals surface area contributed by atoms with Crippen LogP contribution in [0.5, 0.6) is 5.75 Å². The Morgan fingerprint density at radius 3 is 2.18 bits per heavy atom. The van der Waals surface area contributed by atoms with Gasteiger partial charge in [-0.1, -0.05) is 76.1 Å². The van der Waals surface area contributed by atoms with Crippen LogP contribution in [0.25, 0.3) is 0 Å². The van der Waals surface area contributed by atoms with Crippen molar-refractivity contribution >= 4 is 27.7 Å². The summed E-state index contributed by atoms with van der Waals surface area (Å²) in [6.45, 7) is 6.01. The molecule has 6 heteroatoms. The molecule has 1 unspecified atom stereocenters. The third kappa shape index (κ3) is 7.73. The monoisotopic (exact) mass is 522 g/mol. The number of benzene rings is 3. The number of aryl methyl sites for hydroxylation is 1. The standard InChI is InChI=1S/C28H31BrN2O3/c1-20(2)30-28(33)26(17-22-7-5-4-6-8-22)31(18-23-11-9-21(3)10-12-23)27(32)19-34-25-15-13-24(29)14-16-25/h4-16,20,26H,17-19H2,1-3H3,(H,30,33). The summed E-state index contributed by atoms with van der Waals surface area (Å²) < 4.78 is 6.71. The van der Waals surface area contributed by atoms with Crippen LogP contribution in [0.15, 0.2) is 83.3 Å². The van der Waals surface area contributed by atoms with Crippen molar-refractivity contribution in [2.24, 2.45) is 0 Å². The fraction of sp³-hybridized carbons (Fsp3) is 0.286. The van der Waals surface area contributed by atoms with E-state index in [2.05, 4.69) is 21.2 Å². The van der Waals surface area contributed by atoms with Crippen molar-refractivity contribution < 1.29 is 14.3 Å². The molecule has 5 nitrogen and oxygen atoms in total. The maximum absolute atomic E-state index is 13.5. The molecule has 0 aliphatic carbocycles. The SMILES string of the molecule is Cc1ccc(CN(C(=O)COc2ccc(Br)cc2)C(Cc2ccccc2)C(=O)NC(C)C)cc1. The molecule has 0 spiro atoms. The summed E-state index contributed by atoms with van der Waals surface area (Å²) in [4.78, 5) is 28.4. The number of nitrogens with one attached hydrogen (secondary N) is 1. The van der Waals surface area contributed by atoms with Gasteiger partial charge in [0.05, 0.1) is 0 Å². The Kier molecular flexibility index (Phi) is 9.28. The minimum atomic E-state index is -0.674. The number of halogens is 1. The molecule has 1 N–H and O–H groups in total. The van der Waals surface area contributed by atoms with Crippen LogP contribution in [-0.4, -0.2) is 35.4 Å². The minimum absolute atomic E-state index is 0.0406. The van der Waals surface area contributed by atoms with E-state index in [0.717, 1.165) is 21.2 Å². The Hall–Kier alpha value is -3.12. The molecule has 0 bridgehead atoms. The van der Waals surface area contributed by atoms with E-state index in [0.29, 0.717) is 18.7 Å². The van der Waals surface area contributed by atoms with Gasteiger partial charge in [-0.3, -0.25) is 9.59 Å². The lowest BCUT2D eigenvalue weighted by Gasteiger charge is -2.32. The highest BCUT2D eigenvalue weighted by molar-refractivity contribution is 9.10. The molecule has 0 aliphatic rings. The summed E-state index contributed by atoms with van der Waals surface area (Å²) in [6.07, 6.45) is 0.412. The first-order valence-electron chi connectivity index (χ1n) is 11.4. The third-order valence-electron chi connectivity index (χ3n) is 5.35. The summed E-state index contributed by atoms with van der Waals surface area (Å²) in [7, 11) is 0.